The molecule has 1 aliphatic heterocycles. The van der Waals surface area contributed by atoms with Crippen molar-refractivity contribution in [3.63, 3.8) is 0 Å². The van der Waals surface area contributed by atoms with E-state index in [9.17, 15) is 4.79 Å². The van der Waals surface area contributed by atoms with Crippen LogP contribution in [0, 0.1) is 0 Å². The molecule has 7 nitrogen and oxygen atoms in total. The largest absolute Gasteiger partial charge is 0.378 e. The van der Waals surface area contributed by atoms with Crippen molar-refractivity contribution < 1.29 is 9.53 Å². The van der Waals surface area contributed by atoms with Gasteiger partial charge in [-0.3, -0.25) is 9.78 Å². The summed E-state index contributed by atoms with van der Waals surface area (Å²) in [7, 11) is 2.01. The van der Waals surface area contributed by atoms with Gasteiger partial charge in [-0.25, -0.2) is 4.98 Å². The van der Waals surface area contributed by atoms with E-state index in [4.69, 9.17) is 9.72 Å². The molecule has 1 atom stereocenters. The Bertz CT molecular complexity index is 964. The first kappa shape index (κ1) is 18.4. The molecule has 1 aromatic carbocycles. The fourth-order valence-corrected chi connectivity index (χ4v) is 3.63. The average molecular weight is 379 g/mol. The number of hydrogen-bond donors (Lipinski definition) is 1. The first-order valence-corrected chi connectivity index (χ1v) is 9.67. The van der Waals surface area contributed by atoms with Crippen molar-refractivity contribution in [2.75, 3.05) is 31.2 Å². The second-order valence-corrected chi connectivity index (χ2v) is 6.99. The Labute approximate surface area is 164 Å². The number of aromatic nitrogens is 3. The van der Waals surface area contributed by atoms with Gasteiger partial charge in [-0.05, 0) is 42.3 Å². The maximum absolute atomic E-state index is 12.8. The number of amides is 1. The van der Waals surface area contributed by atoms with Crippen LogP contribution in [-0.2, 0) is 11.8 Å². The fraction of sp³-hybridized carbons (Fsp3) is 0.381. The fourth-order valence-electron chi connectivity index (χ4n) is 3.63. The molecule has 1 fully saturated rings. The van der Waals surface area contributed by atoms with Gasteiger partial charge in [0.25, 0.3) is 5.91 Å². The van der Waals surface area contributed by atoms with E-state index in [1.54, 1.807) is 12.4 Å². The third-order valence-electron chi connectivity index (χ3n) is 5.24. The van der Waals surface area contributed by atoms with Crippen molar-refractivity contribution in [3.05, 3.63) is 53.9 Å². The third-order valence-corrected chi connectivity index (χ3v) is 5.24. The van der Waals surface area contributed by atoms with Gasteiger partial charge in [-0.2, -0.15) is 0 Å². The smallest absolute Gasteiger partial charge is 0.251 e. The predicted molar refractivity (Wildman–Crippen MR) is 108 cm³/mol. The van der Waals surface area contributed by atoms with Gasteiger partial charge in [0.1, 0.15) is 0 Å². The van der Waals surface area contributed by atoms with Crippen molar-refractivity contribution in [3.8, 4) is 0 Å². The Kier molecular flexibility index (Phi) is 5.25. The molecule has 1 amide bonds. The highest BCUT2D eigenvalue weighted by Gasteiger charge is 2.19. The number of carbonyl (C=O) groups is 1. The molecule has 0 radical (unpaired) electrons. The number of aryl methyl sites for hydroxylation is 1. The number of benzene rings is 1. The van der Waals surface area contributed by atoms with Crippen LogP contribution in [0.3, 0.4) is 0 Å². The molecule has 0 spiro atoms. The van der Waals surface area contributed by atoms with Crippen molar-refractivity contribution in [2.45, 2.75) is 19.4 Å². The molecule has 0 saturated carbocycles. The molecule has 0 unspecified atom stereocenters. The summed E-state index contributed by atoms with van der Waals surface area (Å²) in [5.41, 5.74) is 3.51. The zero-order chi connectivity index (χ0) is 19.5. The number of rotatable bonds is 5. The van der Waals surface area contributed by atoms with E-state index in [2.05, 4.69) is 26.7 Å². The van der Waals surface area contributed by atoms with Gasteiger partial charge in [-0.1, -0.05) is 6.92 Å². The van der Waals surface area contributed by atoms with Crippen molar-refractivity contribution in [1.82, 2.24) is 19.9 Å². The van der Waals surface area contributed by atoms with Crippen molar-refractivity contribution in [1.29, 1.82) is 0 Å². The van der Waals surface area contributed by atoms with Gasteiger partial charge >= 0.3 is 0 Å². The minimum absolute atomic E-state index is 0.0427. The molecule has 0 aliphatic carbocycles. The Hall–Kier alpha value is -2.93. The summed E-state index contributed by atoms with van der Waals surface area (Å²) in [6.45, 7) is 5.14. The Balaban J connectivity index is 1.57. The Morgan fingerprint density at radius 1 is 1.21 bits per heavy atom. The van der Waals surface area contributed by atoms with Gasteiger partial charge in [0.15, 0.2) is 0 Å². The lowest BCUT2D eigenvalue weighted by molar-refractivity contribution is 0.0935. The first-order valence-electron chi connectivity index (χ1n) is 9.67. The quantitative estimate of drug-likeness (QED) is 0.738. The predicted octanol–water partition coefficient (Wildman–Crippen LogP) is 2.69. The van der Waals surface area contributed by atoms with Crippen LogP contribution in [0.15, 0.2) is 42.7 Å². The van der Waals surface area contributed by atoms with Gasteiger partial charge in [0.05, 0.1) is 30.3 Å². The lowest BCUT2D eigenvalue weighted by atomic mass is 10.1. The number of morpholine rings is 1. The SMILES string of the molecule is CC[C@@H](NC(=O)c1ccc2c(c1)nc(N1CCOCC1)n2C)c1ccncc1. The zero-order valence-electron chi connectivity index (χ0n) is 16.3. The maximum Gasteiger partial charge on any atom is 0.251 e. The number of imidazole rings is 1. The lowest BCUT2D eigenvalue weighted by Crippen LogP contribution is -2.37. The molecule has 1 aliphatic rings. The Morgan fingerprint density at radius 3 is 2.68 bits per heavy atom. The number of nitrogens with zero attached hydrogens (tertiary/aromatic N) is 4. The number of nitrogens with one attached hydrogen (secondary N) is 1. The average Bonchev–Trinajstić information content (AvgIpc) is 3.09. The summed E-state index contributed by atoms with van der Waals surface area (Å²) >= 11 is 0. The highest BCUT2D eigenvalue weighted by Crippen LogP contribution is 2.24. The highest BCUT2D eigenvalue weighted by atomic mass is 16.5. The molecule has 1 N–H and O–H groups in total. The van der Waals surface area contributed by atoms with E-state index in [1.165, 1.54) is 0 Å². The number of pyridine rings is 1. The normalized spacial score (nSPS) is 15.6. The summed E-state index contributed by atoms with van der Waals surface area (Å²) in [6.07, 6.45) is 4.30. The first-order chi connectivity index (χ1) is 13.7. The lowest BCUT2D eigenvalue weighted by Gasteiger charge is -2.27. The number of ether oxygens (including phenoxy) is 1. The number of hydrogen-bond acceptors (Lipinski definition) is 5. The van der Waals surface area contributed by atoms with Gasteiger partial charge < -0.3 is 19.5 Å². The molecular weight excluding hydrogens is 354 g/mol. The highest BCUT2D eigenvalue weighted by molar-refractivity contribution is 5.98. The standard InChI is InChI=1S/C21H25N5O2/c1-3-17(15-6-8-22-9-7-15)23-20(27)16-4-5-19-18(14-16)24-21(25(19)2)26-10-12-28-13-11-26/h4-9,14,17H,3,10-13H2,1-2H3,(H,23,27)/t17-/m1/s1. The van der Waals surface area contributed by atoms with E-state index in [-0.39, 0.29) is 11.9 Å². The molecular formula is C21H25N5O2. The van der Waals surface area contributed by atoms with E-state index < -0.39 is 0 Å². The molecule has 0 bridgehead atoms. The molecule has 1 saturated heterocycles. The molecule has 3 aromatic rings. The van der Waals surface area contributed by atoms with Crippen LogP contribution in [-0.4, -0.2) is 46.7 Å². The Morgan fingerprint density at radius 2 is 1.96 bits per heavy atom. The van der Waals surface area contributed by atoms with Crippen LogP contribution in [0.25, 0.3) is 11.0 Å². The van der Waals surface area contributed by atoms with Crippen LogP contribution in [0.1, 0.15) is 35.3 Å². The number of fused-ring (bicyclic) bond motifs is 1. The van der Waals surface area contributed by atoms with Crippen molar-refractivity contribution >= 4 is 22.9 Å². The van der Waals surface area contributed by atoms with E-state index >= 15 is 0 Å². The monoisotopic (exact) mass is 379 g/mol. The second kappa shape index (κ2) is 7.98. The summed E-state index contributed by atoms with van der Waals surface area (Å²) in [6, 6.07) is 9.53. The van der Waals surface area contributed by atoms with E-state index in [0.717, 1.165) is 42.1 Å². The molecule has 2 aromatic heterocycles. The molecule has 7 heteroatoms. The summed E-state index contributed by atoms with van der Waals surface area (Å²) in [4.78, 5) is 23.9. The number of anilines is 1. The molecule has 146 valence electrons. The van der Waals surface area contributed by atoms with Crippen LogP contribution in [0.5, 0.6) is 0 Å². The van der Waals surface area contributed by atoms with Gasteiger partial charge in [0.2, 0.25) is 5.95 Å². The van der Waals surface area contributed by atoms with Crippen LogP contribution < -0.4 is 10.2 Å². The minimum Gasteiger partial charge on any atom is -0.378 e. The van der Waals surface area contributed by atoms with Crippen LogP contribution in [0.2, 0.25) is 0 Å². The summed E-state index contributed by atoms with van der Waals surface area (Å²) in [5.74, 6) is 0.822. The van der Waals surface area contributed by atoms with Gasteiger partial charge in [-0.15, -0.1) is 0 Å². The molecule has 3 heterocycles. The topological polar surface area (TPSA) is 72.3 Å². The minimum atomic E-state index is -0.0934. The van der Waals surface area contributed by atoms with Crippen LogP contribution in [0.4, 0.5) is 5.95 Å². The van der Waals surface area contributed by atoms with Crippen molar-refractivity contribution in [2.24, 2.45) is 7.05 Å². The zero-order valence-corrected chi connectivity index (χ0v) is 16.3. The summed E-state index contributed by atoms with van der Waals surface area (Å²) in [5, 5.41) is 3.12. The van der Waals surface area contributed by atoms with E-state index in [0.29, 0.717) is 18.8 Å². The number of carbonyl (C=O) groups excluding carboxylic acids is 1. The van der Waals surface area contributed by atoms with Crippen LogP contribution >= 0.6 is 0 Å². The third kappa shape index (κ3) is 3.57. The summed E-state index contributed by atoms with van der Waals surface area (Å²) < 4.78 is 7.51. The molecule has 28 heavy (non-hydrogen) atoms. The second-order valence-electron chi connectivity index (χ2n) is 6.99. The maximum atomic E-state index is 12.8. The van der Waals surface area contributed by atoms with Gasteiger partial charge in [0, 0.05) is 38.1 Å². The van der Waals surface area contributed by atoms with E-state index in [1.807, 2.05) is 37.4 Å². The molecule has 4 rings (SSSR count).